The number of fused-ring (bicyclic) bond motifs is 1. The molecule has 0 atom stereocenters. The van der Waals surface area contributed by atoms with Crippen LogP contribution in [0.5, 0.6) is 23.0 Å². The van der Waals surface area contributed by atoms with Crippen molar-refractivity contribution in [2.75, 3.05) is 28.4 Å². The van der Waals surface area contributed by atoms with Crippen molar-refractivity contribution >= 4 is 0 Å². The van der Waals surface area contributed by atoms with E-state index in [4.69, 9.17) is 18.9 Å². The Morgan fingerprint density at radius 2 is 0.556 bits per heavy atom. The lowest BCUT2D eigenvalue weighted by Gasteiger charge is -2.12. The normalized spacial score (nSPS) is 10.8. The first kappa shape index (κ1) is 23.3. The Morgan fingerprint density at radius 3 is 0.833 bits per heavy atom. The zero-order chi connectivity index (χ0) is 25.1. The summed E-state index contributed by atoms with van der Waals surface area (Å²) in [6, 6.07) is 33.0. The van der Waals surface area contributed by atoms with Gasteiger partial charge >= 0.3 is 0 Å². The number of hydrogen-bond donors (Lipinski definition) is 0. The highest BCUT2D eigenvalue weighted by molar-refractivity contribution is 6.10. The molecule has 0 spiro atoms. The standard InChI is InChI=1S/C32H28O4/c1-33-24-11-5-21(6-12-24)30-28-19-17-27(36-4)18-20-29(28)31(22-7-13-25(34-2)14-8-22)32(30)23-9-15-26(35-3)16-10-23/h5-20H,1-4H3. The molecule has 4 nitrogen and oxygen atoms in total. The summed E-state index contributed by atoms with van der Waals surface area (Å²) in [7, 11) is 6.75. The molecule has 0 unspecified atom stereocenters. The van der Waals surface area contributed by atoms with E-state index in [1.54, 1.807) is 28.4 Å². The summed E-state index contributed by atoms with van der Waals surface area (Å²) >= 11 is 0. The highest BCUT2D eigenvalue weighted by atomic mass is 16.5. The van der Waals surface area contributed by atoms with Crippen LogP contribution in [0.2, 0.25) is 0 Å². The number of ether oxygens (including phenoxy) is 4. The van der Waals surface area contributed by atoms with Crippen LogP contribution in [-0.4, -0.2) is 28.4 Å². The van der Waals surface area contributed by atoms with Gasteiger partial charge in [-0.2, -0.15) is 0 Å². The minimum atomic E-state index is 0.804. The lowest BCUT2D eigenvalue weighted by atomic mass is 9.93. The maximum atomic E-state index is 5.56. The van der Waals surface area contributed by atoms with Crippen molar-refractivity contribution in [3.63, 3.8) is 0 Å². The second kappa shape index (κ2) is 10.0. The van der Waals surface area contributed by atoms with Crippen molar-refractivity contribution in [1.82, 2.24) is 0 Å². The fraction of sp³-hybridized carbons (Fsp3) is 0.125. The molecule has 0 fully saturated rings. The first-order valence-corrected chi connectivity index (χ1v) is 11.7. The summed E-state index contributed by atoms with van der Waals surface area (Å²) < 4.78 is 21.9. The van der Waals surface area contributed by atoms with Crippen molar-refractivity contribution in [2.24, 2.45) is 0 Å². The minimum Gasteiger partial charge on any atom is -0.497 e. The van der Waals surface area contributed by atoms with Gasteiger partial charge < -0.3 is 18.9 Å². The Hall–Kier alpha value is -4.44. The molecule has 3 aromatic rings. The first-order valence-electron chi connectivity index (χ1n) is 11.7. The van der Waals surface area contributed by atoms with Crippen LogP contribution in [0, 0.1) is 0 Å². The smallest absolute Gasteiger partial charge is 0.118 e. The van der Waals surface area contributed by atoms with Crippen LogP contribution in [0.15, 0.2) is 97.1 Å². The number of benzene rings is 3. The van der Waals surface area contributed by atoms with Crippen LogP contribution in [0.1, 0.15) is 0 Å². The van der Waals surface area contributed by atoms with Gasteiger partial charge in [0.15, 0.2) is 0 Å². The summed E-state index contributed by atoms with van der Waals surface area (Å²) in [6.07, 6.45) is 0. The Morgan fingerprint density at radius 1 is 0.306 bits per heavy atom. The van der Waals surface area contributed by atoms with Crippen LogP contribution in [0.25, 0.3) is 44.5 Å². The van der Waals surface area contributed by atoms with E-state index in [-0.39, 0.29) is 0 Å². The third-order valence-electron chi connectivity index (χ3n) is 6.53. The number of methoxy groups -OCH3 is 4. The summed E-state index contributed by atoms with van der Waals surface area (Å²) in [5.41, 5.74) is 9.07. The van der Waals surface area contributed by atoms with Gasteiger partial charge in [0.2, 0.25) is 0 Å². The van der Waals surface area contributed by atoms with Gasteiger partial charge in [-0.1, -0.05) is 48.5 Å². The van der Waals surface area contributed by atoms with Gasteiger partial charge in [-0.05, 0) is 93.0 Å². The molecule has 0 heterocycles. The molecule has 0 saturated heterocycles. The zero-order valence-electron chi connectivity index (χ0n) is 20.9. The van der Waals surface area contributed by atoms with Gasteiger partial charge in [0.25, 0.3) is 0 Å². The van der Waals surface area contributed by atoms with Crippen molar-refractivity contribution in [2.45, 2.75) is 0 Å². The molecule has 0 amide bonds. The first-order chi connectivity index (χ1) is 17.7. The van der Waals surface area contributed by atoms with E-state index in [1.165, 1.54) is 0 Å². The highest BCUT2D eigenvalue weighted by Crippen LogP contribution is 2.53. The predicted molar refractivity (Wildman–Crippen MR) is 146 cm³/mol. The second-order valence-corrected chi connectivity index (χ2v) is 8.41. The molecule has 36 heavy (non-hydrogen) atoms. The minimum absolute atomic E-state index is 0.804. The van der Waals surface area contributed by atoms with E-state index in [0.29, 0.717) is 0 Å². The zero-order valence-corrected chi connectivity index (χ0v) is 20.9. The monoisotopic (exact) mass is 476 g/mol. The van der Waals surface area contributed by atoms with Gasteiger partial charge in [0.1, 0.15) is 23.0 Å². The SMILES string of the molecule is COc1ccc(-c2c3ccc(OC)ccc-3c(-c3ccc(OC)cc3)c2-c2ccc(OC)cc2)cc1. The Bertz CT molecular complexity index is 1350. The highest BCUT2D eigenvalue weighted by Gasteiger charge is 2.26. The predicted octanol–water partition coefficient (Wildman–Crippen LogP) is 7.83. The molecule has 4 heteroatoms. The topological polar surface area (TPSA) is 36.9 Å². The van der Waals surface area contributed by atoms with Crippen LogP contribution in [0.4, 0.5) is 0 Å². The Balaban J connectivity index is 1.88. The van der Waals surface area contributed by atoms with Gasteiger partial charge in [-0.25, -0.2) is 0 Å². The third-order valence-corrected chi connectivity index (χ3v) is 6.53. The van der Waals surface area contributed by atoms with Crippen LogP contribution in [-0.2, 0) is 0 Å². The number of rotatable bonds is 7. The molecule has 2 aliphatic rings. The van der Waals surface area contributed by atoms with Crippen molar-refractivity contribution < 1.29 is 18.9 Å². The lowest BCUT2D eigenvalue weighted by Crippen LogP contribution is -1.88. The molecular weight excluding hydrogens is 448 g/mol. The largest absolute Gasteiger partial charge is 0.497 e. The Labute approximate surface area is 212 Å². The fourth-order valence-electron chi connectivity index (χ4n) is 4.69. The fourth-order valence-corrected chi connectivity index (χ4v) is 4.69. The van der Waals surface area contributed by atoms with Gasteiger partial charge in [-0.15, -0.1) is 0 Å². The molecule has 0 radical (unpaired) electrons. The molecule has 0 saturated carbocycles. The molecule has 3 aromatic carbocycles. The molecule has 0 aliphatic heterocycles. The third kappa shape index (κ3) is 4.22. The molecule has 0 aromatic heterocycles. The molecule has 2 aliphatic carbocycles. The maximum Gasteiger partial charge on any atom is 0.118 e. The number of hydrogen-bond acceptors (Lipinski definition) is 4. The molecule has 0 N–H and O–H groups in total. The van der Waals surface area contributed by atoms with E-state index in [1.807, 2.05) is 48.5 Å². The van der Waals surface area contributed by atoms with Crippen molar-refractivity contribution in [3.8, 4) is 67.5 Å². The van der Waals surface area contributed by atoms with E-state index < -0.39 is 0 Å². The van der Waals surface area contributed by atoms with E-state index in [2.05, 4.69) is 48.5 Å². The average molecular weight is 477 g/mol. The molecule has 0 bridgehead atoms. The quantitative estimate of drug-likeness (QED) is 0.240. The maximum absolute atomic E-state index is 5.56. The van der Waals surface area contributed by atoms with Crippen LogP contribution in [0.3, 0.4) is 0 Å². The summed E-state index contributed by atoms with van der Waals surface area (Å²) in [4.78, 5) is 0. The van der Waals surface area contributed by atoms with E-state index >= 15 is 0 Å². The van der Waals surface area contributed by atoms with E-state index in [0.717, 1.165) is 67.5 Å². The lowest BCUT2D eigenvalue weighted by molar-refractivity contribution is 0.414. The van der Waals surface area contributed by atoms with Gasteiger partial charge in [0.05, 0.1) is 28.4 Å². The summed E-state index contributed by atoms with van der Waals surface area (Å²) in [6.45, 7) is 0. The summed E-state index contributed by atoms with van der Waals surface area (Å²) in [5.74, 6) is 3.27. The van der Waals surface area contributed by atoms with Crippen LogP contribution >= 0.6 is 0 Å². The average Bonchev–Trinajstić information content (AvgIpc) is 3.12. The van der Waals surface area contributed by atoms with E-state index in [9.17, 15) is 0 Å². The van der Waals surface area contributed by atoms with Crippen molar-refractivity contribution in [1.29, 1.82) is 0 Å². The van der Waals surface area contributed by atoms with Crippen molar-refractivity contribution in [3.05, 3.63) is 97.1 Å². The van der Waals surface area contributed by atoms with Crippen LogP contribution < -0.4 is 18.9 Å². The van der Waals surface area contributed by atoms with Gasteiger partial charge in [-0.3, -0.25) is 0 Å². The van der Waals surface area contributed by atoms with Gasteiger partial charge in [0, 0.05) is 0 Å². The molecule has 180 valence electrons. The molecule has 5 rings (SSSR count). The second-order valence-electron chi connectivity index (χ2n) is 8.41. The Kier molecular flexibility index (Phi) is 6.50. The molecular formula is C32H28O4. The summed E-state index contributed by atoms with van der Waals surface area (Å²) in [5, 5.41) is 0.